The van der Waals surface area contributed by atoms with Crippen LogP contribution in [0.4, 0.5) is 10.5 Å². The minimum Gasteiger partial charge on any atom is -0.370 e. The van der Waals surface area contributed by atoms with Crippen LogP contribution in [-0.4, -0.2) is 36.9 Å². The minimum absolute atomic E-state index is 0.00171. The lowest BCUT2D eigenvalue weighted by Gasteiger charge is -2.29. The number of benzene rings is 3. The van der Waals surface area contributed by atoms with E-state index in [-0.39, 0.29) is 24.3 Å². The molecule has 3 aromatic carbocycles. The van der Waals surface area contributed by atoms with Gasteiger partial charge in [0.1, 0.15) is 0 Å². The maximum absolute atomic E-state index is 14.2. The summed E-state index contributed by atoms with van der Waals surface area (Å²) in [5.41, 5.74) is 14.1. The lowest BCUT2D eigenvalue weighted by molar-refractivity contribution is -0.119. The first-order valence-electron chi connectivity index (χ1n) is 15.1. The number of carbonyl (C=O) groups is 2. The summed E-state index contributed by atoms with van der Waals surface area (Å²) in [7, 11) is 4.04. The van der Waals surface area contributed by atoms with Gasteiger partial charge in [-0.15, -0.1) is 0 Å². The van der Waals surface area contributed by atoms with Crippen LogP contribution in [0.3, 0.4) is 0 Å². The molecule has 2 aliphatic rings. The van der Waals surface area contributed by atoms with Gasteiger partial charge in [-0.25, -0.2) is 9.79 Å². The third-order valence-corrected chi connectivity index (χ3v) is 7.83. The summed E-state index contributed by atoms with van der Waals surface area (Å²) in [6, 6.07) is 25.3. The Hall–Kier alpha value is -5.21. The van der Waals surface area contributed by atoms with E-state index in [1.54, 1.807) is 4.90 Å². The summed E-state index contributed by atoms with van der Waals surface area (Å²) >= 11 is 0. The Labute approximate surface area is 265 Å². The van der Waals surface area contributed by atoms with Crippen molar-refractivity contribution in [2.45, 2.75) is 38.9 Å². The van der Waals surface area contributed by atoms with Crippen LogP contribution in [0.1, 0.15) is 41.5 Å². The molecule has 8 nitrogen and oxygen atoms in total. The average Bonchev–Trinajstić information content (AvgIpc) is 3.22. The molecule has 5 rings (SSSR count). The van der Waals surface area contributed by atoms with Crippen LogP contribution in [0.5, 0.6) is 0 Å². The molecule has 1 heterocycles. The van der Waals surface area contributed by atoms with Gasteiger partial charge in [0.25, 0.3) is 0 Å². The second-order valence-corrected chi connectivity index (χ2v) is 11.6. The van der Waals surface area contributed by atoms with Gasteiger partial charge in [-0.1, -0.05) is 91.0 Å². The fourth-order valence-corrected chi connectivity index (χ4v) is 5.52. The standard InChI is InChI=1S/C37H40N6O2/c1-26-31-16-7-8-17-32(26)25-43(35(44)34(21-31)30-14-5-4-6-15-30)33-18-10-12-28(20-33)22-39-36(38)41-37(45)40-23-27-11-9-13-29(19-27)24-42(2)3/h4-20,25,34H,21-24H2,1-3H3,(H4,38,39,40,41,45)/b32-25-. The predicted octanol–water partition coefficient (Wildman–Crippen LogP) is 5.91. The van der Waals surface area contributed by atoms with E-state index in [4.69, 9.17) is 5.73 Å². The van der Waals surface area contributed by atoms with Gasteiger partial charge in [-0.3, -0.25) is 15.0 Å². The molecular weight excluding hydrogens is 560 g/mol. The van der Waals surface area contributed by atoms with Gasteiger partial charge in [0.05, 0.1) is 12.5 Å². The number of carbonyl (C=O) groups excluding carboxylic acids is 2. The van der Waals surface area contributed by atoms with Crippen molar-refractivity contribution in [3.8, 4) is 0 Å². The van der Waals surface area contributed by atoms with Crippen molar-refractivity contribution in [2.24, 2.45) is 10.7 Å². The molecular formula is C37H40N6O2. The van der Waals surface area contributed by atoms with E-state index in [0.717, 1.165) is 45.6 Å². The van der Waals surface area contributed by atoms with E-state index in [2.05, 4.69) is 45.7 Å². The zero-order chi connectivity index (χ0) is 31.8. The Balaban J connectivity index is 1.29. The number of amides is 3. The summed E-state index contributed by atoms with van der Waals surface area (Å²) in [6.07, 6.45) is 10.7. The van der Waals surface area contributed by atoms with Gasteiger partial charge >= 0.3 is 6.03 Å². The number of anilines is 1. The first-order chi connectivity index (χ1) is 21.8. The van der Waals surface area contributed by atoms with Gasteiger partial charge in [-0.2, -0.15) is 0 Å². The predicted molar refractivity (Wildman–Crippen MR) is 181 cm³/mol. The van der Waals surface area contributed by atoms with E-state index in [1.807, 2.05) is 105 Å². The number of aliphatic imine (C=N–C) groups is 1. The normalized spacial score (nSPS) is 17.8. The largest absolute Gasteiger partial charge is 0.370 e. The van der Waals surface area contributed by atoms with Crippen LogP contribution in [0.15, 0.2) is 131 Å². The Morgan fingerprint density at radius 3 is 2.49 bits per heavy atom. The van der Waals surface area contributed by atoms with Crippen LogP contribution in [0, 0.1) is 0 Å². The molecule has 3 amide bonds. The molecule has 3 aromatic rings. The Morgan fingerprint density at radius 1 is 0.956 bits per heavy atom. The second kappa shape index (κ2) is 14.5. The van der Waals surface area contributed by atoms with E-state index in [9.17, 15) is 9.59 Å². The molecule has 0 saturated carbocycles. The molecule has 230 valence electrons. The molecule has 0 saturated heterocycles. The van der Waals surface area contributed by atoms with E-state index < -0.39 is 6.03 Å². The zero-order valence-corrected chi connectivity index (χ0v) is 26.0. The topological polar surface area (TPSA) is 103 Å². The molecule has 1 aliphatic carbocycles. The maximum atomic E-state index is 14.2. The van der Waals surface area contributed by atoms with Crippen molar-refractivity contribution >= 4 is 23.6 Å². The first-order valence-corrected chi connectivity index (χ1v) is 15.1. The van der Waals surface area contributed by atoms with Crippen molar-refractivity contribution in [2.75, 3.05) is 19.0 Å². The Bertz CT molecular complexity index is 1700. The maximum Gasteiger partial charge on any atom is 0.321 e. The number of rotatable bonds is 8. The van der Waals surface area contributed by atoms with Crippen LogP contribution >= 0.6 is 0 Å². The number of guanidine groups is 1. The van der Waals surface area contributed by atoms with Crippen molar-refractivity contribution in [1.82, 2.24) is 15.5 Å². The highest BCUT2D eigenvalue weighted by atomic mass is 16.2. The van der Waals surface area contributed by atoms with Crippen molar-refractivity contribution < 1.29 is 9.59 Å². The molecule has 2 bridgehead atoms. The van der Waals surface area contributed by atoms with Crippen LogP contribution in [0.25, 0.3) is 0 Å². The number of hydrogen-bond donors (Lipinski definition) is 3. The number of nitrogens with zero attached hydrogens (tertiary/aromatic N) is 3. The summed E-state index contributed by atoms with van der Waals surface area (Å²) in [6.45, 7) is 3.54. The van der Waals surface area contributed by atoms with Gasteiger partial charge in [-0.05, 0) is 78.5 Å². The molecule has 4 N–H and O–H groups in total. The number of allylic oxidation sites excluding steroid dienone is 7. The first kappa shape index (κ1) is 31.2. The van der Waals surface area contributed by atoms with E-state index in [1.165, 1.54) is 5.56 Å². The molecule has 0 fully saturated rings. The minimum atomic E-state index is -0.429. The SMILES string of the molecule is CC1=C2C=CC=C/C1=C/N(c1cccc(CN=C(N)NC(=O)NCc3cccc(CN(C)C)c3)c1)C(=O)C(c1ccccc1)C2. The summed E-state index contributed by atoms with van der Waals surface area (Å²) in [4.78, 5) is 34.9. The second-order valence-electron chi connectivity index (χ2n) is 11.6. The third-order valence-electron chi connectivity index (χ3n) is 7.83. The zero-order valence-electron chi connectivity index (χ0n) is 26.0. The summed E-state index contributed by atoms with van der Waals surface area (Å²) in [5, 5.41) is 5.43. The smallest absolute Gasteiger partial charge is 0.321 e. The van der Waals surface area contributed by atoms with Crippen LogP contribution in [0.2, 0.25) is 0 Å². The number of nitrogens with one attached hydrogen (secondary N) is 2. The molecule has 1 unspecified atom stereocenters. The van der Waals surface area contributed by atoms with Crippen molar-refractivity contribution in [3.63, 3.8) is 0 Å². The molecule has 1 atom stereocenters. The average molecular weight is 601 g/mol. The number of nitrogens with two attached hydrogens (primary N) is 1. The highest BCUT2D eigenvalue weighted by Crippen LogP contribution is 2.36. The Morgan fingerprint density at radius 2 is 1.69 bits per heavy atom. The number of fused-ring (bicyclic) bond motifs is 1. The number of hydrogen-bond acceptors (Lipinski definition) is 4. The lowest BCUT2D eigenvalue weighted by Crippen LogP contribution is -2.43. The summed E-state index contributed by atoms with van der Waals surface area (Å²) in [5.74, 6) is -0.331. The molecule has 8 heteroatoms. The molecule has 45 heavy (non-hydrogen) atoms. The van der Waals surface area contributed by atoms with Gasteiger partial charge in [0, 0.05) is 25.0 Å². The molecule has 0 radical (unpaired) electrons. The molecule has 1 aliphatic heterocycles. The fraction of sp³-hybridized carbons (Fsp3) is 0.216. The van der Waals surface area contributed by atoms with E-state index >= 15 is 0 Å². The van der Waals surface area contributed by atoms with Gasteiger partial charge in [0.2, 0.25) is 5.91 Å². The third kappa shape index (κ3) is 8.25. The van der Waals surface area contributed by atoms with Crippen molar-refractivity contribution in [1.29, 1.82) is 0 Å². The monoisotopic (exact) mass is 600 g/mol. The van der Waals surface area contributed by atoms with Crippen LogP contribution < -0.4 is 21.3 Å². The molecule has 0 aromatic heterocycles. The highest BCUT2D eigenvalue weighted by Gasteiger charge is 2.30. The highest BCUT2D eigenvalue weighted by molar-refractivity contribution is 6.00. The van der Waals surface area contributed by atoms with Crippen LogP contribution in [-0.2, 0) is 24.4 Å². The van der Waals surface area contributed by atoms with E-state index in [0.29, 0.717) is 13.0 Å². The fourth-order valence-electron chi connectivity index (χ4n) is 5.52. The number of urea groups is 1. The summed E-state index contributed by atoms with van der Waals surface area (Å²) < 4.78 is 0. The lowest BCUT2D eigenvalue weighted by atomic mass is 9.86. The quantitative estimate of drug-likeness (QED) is 0.221. The Kier molecular flexibility index (Phi) is 10.1. The van der Waals surface area contributed by atoms with Gasteiger partial charge in [0.15, 0.2) is 5.96 Å². The van der Waals surface area contributed by atoms with Gasteiger partial charge < -0.3 is 16.0 Å². The molecule has 0 spiro atoms. The van der Waals surface area contributed by atoms with Crippen molar-refractivity contribution in [3.05, 3.63) is 148 Å².